The molecule has 1 aromatic heterocycles. The Labute approximate surface area is 97.3 Å². The highest BCUT2D eigenvalue weighted by Gasteiger charge is 2.33. The number of alkyl halides is 4. The molecule has 0 atom stereocenters. The highest BCUT2D eigenvalue weighted by Crippen LogP contribution is 2.25. The maximum absolute atomic E-state index is 13.4. The number of nitrogens with zero attached hydrogens (tertiary/aromatic N) is 1. The van der Waals surface area contributed by atoms with Gasteiger partial charge in [0.15, 0.2) is 0 Å². The van der Waals surface area contributed by atoms with Gasteiger partial charge in [0.2, 0.25) is 5.88 Å². The molecule has 0 spiro atoms. The molecule has 0 aromatic carbocycles. The fourth-order valence-electron chi connectivity index (χ4n) is 1.12. The quantitative estimate of drug-likeness (QED) is 0.625. The maximum Gasteiger partial charge on any atom is 0.574 e. The molecule has 0 saturated carbocycles. The normalized spacial score (nSPS) is 11.2. The number of ether oxygens (including phenoxy) is 2. The minimum Gasteiger partial charge on any atom is -0.465 e. The van der Waals surface area contributed by atoms with Crippen molar-refractivity contribution in [3.63, 3.8) is 0 Å². The molecule has 0 radical (unpaired) electrons. The van der Waals surface area contributed by atoms with Crippen LogP contribution in [0.5, 0.6) is 5.88 Å². The van der Waals surface area contributed by atoms with Gasteiger partial charge in [-0.3, -0.25) is 0 Å². The Hall–Kier alpha value is -1.93. The van der Waals surface area contributed by atoms with Crippen molar-refractivity contribution in [3.05, 3.63) is 23.1 Å². The van der Waals surface area contributed by atoms with Crippen molar-refractivity contribution in [3.8, 4) is 5.88 Å². The summed E-state index contributed by atoms with van der Waals surface area (Å²) in [5.74, 6) is -3.85. The van der Waals surface area contributed by atoms with Crippen LogP contribution in [0.2, 0.25) is 0 Å². The predicted molar refractivity (Wildman–Crippen MR) is 47.0 cm³/mol. The number of hydrogen-bond donors (Lipinski definition) is 0. The number of rotatable bonds is 3. The summed E-state index contributed by atoms with van der Waals surface area (Å²) in [5, 5.41) is 0. The molecule has 0 N–H and O–H groups in total. The fourth-order valence-corrected chi connectivity index (χ4v) is 1.12. The van der Waals surface area contributed by atoms with Crippen LogP contribution in [0.25, 0.3) is 0 Å². The summed E-state index contributed by atoms with van der Waals surface area (Å²) < 4.78 is 68.9. The topological polar surface area (TPSA) is 48.4 Å². The molecule has 1 rings (SSSR count). The summed E-state index contributed by atoms with van der Waals surface area (Å²) in [5.41, 5.74) is -1.70. The molecule has 0 aliphatic carbocycles. The van der Waals surface area contributed by atoms with Crippen LogP contribution in [-0.2, 0) is 11.4 Å². The van der Waals surface area contributed by atoms with Gasteiger partial charge in [-0.05, 0) is 0 Å². The van der Waals surface area contributed by atoms with E-state index in [1.54, 1.807) is 0 Å². The van der Waals surface area contributed by atoms with E-state index in [0.717, 1.165) is 7.11 Å². The van der Waals surface area contributed by atoms with E-state index in [4.69, 9.17) is 0 Å². The van der Waals surface area contributed by atoms with Gasteiger partial charge in [0.25, 0.3) is 0 Å². The molecule has 0 bridgehead atoms. The van der Waals surface area contributed by atoms with Gasteiger partial charge in [0, 0.05) is 6.07 Å². The molecule has 18 heavy (non-hydrogen) atoms. The summed E-state index contributed by atoms with van der Waals surface area (Å²) >= 11 is 0. The van der Waals surface area contributed by atoms with Gasteiger partial charge in [0.05, 0.1) is 12.8 Å². The van der Waals surface area contributed by atoms with Crippen molar-refractivity contribution in [2.45, 2.75) is 13.0 Å². The SMILES string of the molecule is COC(=O)c1c(F)cc(OC(F)(F)F)nc1CF. The zero-order chi connectivity index (χ0) is 13.9. The van der Waals surface area contributed by atoms with Crippen molar-refractivity contribution in [1.29, 1.82) is 0 Å². The number of esters is 1. The molecule has 0 saturated heterocycles. The number of aromatic nitrogens is 1. The molecular weight excluding hydrogens is 265 g/mol. The Bertz CT molecular complexity index is 460. The zero-order valence-electron chi connectivity index (χ0n) is 8.85. The minimum absolute atomic E-state index is 0.221. The summed E-state index contributed by atoms with van der Waals surface area (Å²) in [6.07, 6.45) is -5.10. The average molecular weight is 271 g/mol. The lowest BCUT2D eigenvalue weighted by atomic mass is 10.2. The maximum atomic E-state index is 13.4. The Kier molecular flexibility index (Phi) is 4.04. The van der Waals surface area contributed by atoms with Crippen LogP contribution >= 0.6 is 0 Å². The highest BCUT2D eigenvalue weighted by atomic mass is 19.4. The second-order valence-electron chi connectivity index (χ2n) is 2.94. The van der Waals surface area contributed by atoms with Gasteiger partial charge in [0.1, 0.15) is 18.1 Å². The van der Waals surface area contributed by atoms with E-state index in [9.17, 15) is 26.7 Å². The Morgan fingerprint density at radius 2 is 2.06 bits per heavy atom. The number of carbonyl (C=O) groups is 1. The first kappa shape index (κ1) is 14.1. The molecule has 0 unspecified atom stereocenters. The smallest absolute Gasteiger partial charge is 0.465 e. The van der Waals surface area contributed by atoms with Gasteiger partial charge >= 0.3 is 12.3 Å². The summed E-state index contributed by atoms with van der Waals surface area (Å²) in [6.45, 7) is -1.45. The van der Waals surface area contributed by atoms with Crippen LogP contribution in [0.15, 0.2) is 6.07 Å². The van der Waals surface area contributed by atoms with E-state index >= 15 is 0 Å². The second-order valence-corrected chi connectivity index (χ2v) is 2.94. The van der Waals surface area contributed by atoms with Gasteiger partial charge in [-0.25, -0.2) is 18.6 Å². The van der Waals surface area contributed by atoms with E-state index < -0.39 is 42.0 Å². The van der Waals surface area contributed by atoms with Crippen molar-refractivity contribution in [2.75, 3.05) is 7.11 Å². The van der Waals surface area contributed by atoms with E-state index in [0.29, 0.717) is 0 Å². The van der Waals surface area contributed by atoms with Crippen LogP contribution in [-0.4, -0.2) is 24.4 Å². The van der Waals surface area contributed by atoms with Gasteiger partial charge < -0.3 is 9.47 Å². The Balaban J connectivity index is 3.23. The molecule has 9 heteroatoms. The van der Waals surface area contributed by atoms with E-state index in [2.05, 4.69) is 14.5 Å². The molecule has 0 aliphatic heterocycles. The van der Waals surface area contributed by atoms with Crippen LogP contribution in [0.3, 0.4) is 0 Å². The van der Waals surface area contributed by atoms with E-state index in [1.807, 2.05) is 0 Å². The van der Waals surface area contributed by atoms with Crippen molar-refractivity contribution in [1.82, 2.24) is 4.98 Å². The summed E-state index contributed by atoms with van der Waals surface area (Å²) in [7, 11) is 0.907. The minimum atomic E-state index is -5.10. The van der Waals surface area contributed by atoms with Crippen LogP contribution in [0, 0.1) is 5.82 Å². The third kappa shape index (κ3) is 3.28. The van der Waals surface area contributed by atoms with Crippen LogP contribution < -0.4 is 4.74 Å². The van der Waals surface area contributed by atoms with E-state index in [-0.39, 0.29) is 6.07 Å². The van der Waals surface area contributed by atoms with Crippen molar-refractivity contribution in [2.24, 2.45) is 0 Å². The Morgan fingerprint density at radius 3 is 2.50 bits per heavy atom. The summed E-state index contributed by atoms with van der Waals surface area (Å²) in [6, 6.07) is 0.221. The summed E-state index contributed by atoms with van der Waals surface area (Å²) in [4.78, 5) is 14.1. The predicted octanol–water partition coefficient (Wildman–Crippen LogP) is 2.38. The van der Waals surface area contributed by atoms with E-state index in [1.165, 1.54) is 0 Å². The first-order valence-corrected chi connectivity index (χ1v) is 4.38. The molecule has 100 valence electrons. The molecule has 0 fully saturated rings. The van der Waals surface area contributed by atoms with Crippen molar-refractivity contribution < 1.29 is 36.2 Å². The second kappa shape index (κ2) is 5.15. The molecule has 1 heterocycles. The number of halogens is 5. The average Bonchev–Trinajstić information content (AvgIpc) is 2.24. The number of pyridine rings is 1. The zero-order valence-corrected chi connectivity index (χ0v) is 8.85. The molecular formula is C9H6F5NO3. The lowest BCUT2D eigenvalue weighted by molar-refractivity contribution is -0.276. The van der Waals surface area contributed by atoms with Crippen LogP contribution in [0.1, 0.15) is 16.1 Å². The van der Waals surface area contributed by atoms with Gasteiger partial charge in [-0.2, -0.15) is 0 Å². The largest absolute Gasteiger partial charge is 0.574 e. The molecule has 0 aliphatic rings. The monoisotopic (exact) mass is 271 g/mol. The highest BCUT2D eigenvalue weighted by molar-refractivity contribution is 5.90. The first-order chi connectivity index (χ1) is 8.28. The lowest BCUT2D eigenvalue weighted by Crippen LogP contribution is -2.19. The third-order valence-corrected chi connectivity index (χ3v) is 1.76. The van der Waals surface area contributed by atoms with Gasteiger partial charge in [-0.15, -0.1) is 13.2 Å². The number of carbonyl (C=O) groups excluding carboxylic acids is 1. The van der Waals surface area contributed by atoms with Crippen molar-refractivity contribution >= 4 is 5.97 Å². The lowest BCUT2D eigenvalue weighted by Gasteiger charge is -2.11. The molecule has 0 amide bonds. The number of hydrogen-bond acceptors (Lipinski definition) is 4. The third-order valence-electron chi connectivity index (χ3n) is 1.76. The Morgan fingerprint density at radius 1 is 1.44 bits per heavy atom. The first-order valence-electron chi connectivity index (χ1n) is 4.38. The molecule has 4 nitrogen and oxygen atoms in total. The number of methoxy groups -OCH3 is 1. The molecule has 1 aromatic rings. The van der Waals surface area contributed by atoms with Crippen LogP contribution in [0.4, 0.5) is 22.0 Å². The fraction of sp³-hybridized carbons (Fsp3) is 0.333. The standard InChI is InChI=1S/C9H6F5NO3/c1-17-8(16)7-4(11)2-6(15-5(7)3-10)18-9(12,13)14/h2H,3H2,1H3. The van der Waals surface area contributed by atoms with Gasteiger partial charge in [-0.1, -0.05) is 0 Å².